The van der Waals surface area contributed by atoms with E-state index in [0.29, 0.717) is 16.5 Å². The van der Waals surface area contributed by atoms with Crippen LogP contribution in [0.1, 0.15) is 35.3 Å². The Labute approximate surface area is 154 Å². The largest absolute Gasteiger partial charge is 0.292 e. The molecule has 1 aromatic heterocycles. The van der Waals surface area contributed by atoms with Gasteiger partial charge in [0, 0.05) is 10.0 Å². The summed E-state index contributed by atoms with van der Waals surface area (Å²) in [6, 6.07) is 11.4. The third kappa shape index (κ3) is 3.56. The van der Waals surface area contributed by atoms with Crippen molar-refractivity contribution in [2.45, 2.75) is 33.2 Å². The van der Waals surface area contributed by atoms with Gasteiger partial charge in [0.15, 0.2) is 5.78 Å². The second kappa shape index (κ2) is 7.31. The Bertz CT molecular complexity index is 1010. The smallest absolute Gasteiger partial charge is 0.261 e. The van der Waals surface area contributed by atoms with E-state index in [1.54, 1.807) is 12.1 Å². The number of carbonyl (C=O) groups excluding carboxylic acids is 1. The van der Waals surface area contributed by atoms with Gasteiger partial charge < -0.3 is 0 Å². The van der Waals surface area contributed by atoms with Gasteiger partial charge >= 0.3 is 0 Å². The maximum atomic E-state index is 12.8. The van der Waals surface area contributed by atoms with E-state index in [4.69, 9.17) is 0 Å². The number of carbonyl (C=O) groups is 1. The van der Waals surface area contributed by atoms with E-state index in [1.165, 1.54) is 10.9 Å². The molecule has 0 amide bonds. The average Bonchev–Trinajstić information content (AvgIpc) is 2.63. The summed E-state index contributed by atoms with van der Waals surface area (Å²) in [6.45, 7) is 4.08. The molecule has 5 heteroatoms. The molecule has 0 fully saturated rings. The van der Waals surface area contributed by atoms with Crippen molar-refractivity contribution in [3.63, 3.8) is 0 Å². The normalized spacial score (nSPS) is 11.0. The SMILES string of the molecule is CCc1ccc(CC)c(C(=O)Cn2cnc3ccc(Br)cc3c2=O)c1. The Morgan fingerprint density at radius 1 is 1.12 bits per heavy atom. The lowest BCUT2D eigenvalue weighted by Gasteiger charge is -2.11. The van der Waals surface area contributed by atoms with Crippen LogP contribution in [0.3, 0.4) is 0 Å². The van der Waals surface area contributed by atoms with E-state index < -0.39 is 0 Å². The lowest BCUT2D eigenvalue weighted by atomic mass is 9.97. The van der Waals surface area contributed by atoms with Gasteiger partial charge in [-0.25, -0.2) is 4.98 Å². The average molecular weight is 399 g/mol. The van der Waals surface area contributed by atoms with Gasteiger partial charge in [-0.05, 0) is 48.2 Å². The van der Waals surface area contributed by atoms with E-state index >= 15 is 0 Å². The first-order valence-corrected chi connectivity index (χ1v) is 9.12. The predicted octanol–water partition coefficient (Wildman–Crippen LogP) is 4.17. The second-order valence-electron chi connectivity index (χ2n) is 5.96. The Balaban J connectivity index is 2.00. The topological polar surface area (TPSA) is 52.0 Å². The van der Waals surface area contributed by atoms with Gasteiger partial charge in [0.1, 0.15) is 0 Å². The van der Waals surface area contributed by atoms with Gasteiger partial charge in [-0.15, -0.1) is 0 Å². The Morgan fingerprint density at radius 3 is 2.64 bits per heavy atom. The molecule has 0 aliphatic rings. The van der Waals surface area contributed by atoms with Crippen LogP contribution in [0.25, 0.3) is 10.9 Å². The molecule has 4 nitrogen and oxygen atoms in total. The van der Waals surface area contributed by atoms with Crippen LogP contribution in [0.15, 0.2) is 52.0 Å². The van der Waals surface area contributed by atoms with E-state index in [-0.39, 0.29) is 17.9 Å². The number of halogens is 1. The maximum absolute atomic E-state index is 12.8. The minimum atomic E-state index is -0.204. The first kappa shape index (κ1) is 17.5. The molecule has 128 valence electrons. The molecule has 0 aliphatic carbocycles. The van der Waals surface area contributed by atoms with Crippen LogP contribution in [0.2, 0.25) is 0 Å². The third-order valence-electron chi connectivity index (χ3n) is 4.36. The zero-order valence-corrected chi connectivity index (χ0v) is 15.8. The van der Waals surface area contributed by atoms with Gasteiger partial charge in [0.05, 0.1) is 23.8 Å². The molecule has 0 radical (unpaired) electrons. The molecule has 3 aromatic rings. The number of hydrogen-bond donors (Lipinski definition) is 0. The molecule has 0 aliphatic heterocycles. The second-order valence-corrected chi connectivity index (χ2v) is 6.88. The number of benzene rings is 2. The molecule has 0 atom stereocenters. The Hall–Kier alpha value is -2.27. The van der Waals surface area contributed by atoms with Crippen molar-refractivity contribution in [2.75, 3.05) is 0 Å². The lowest BCUT2D eigenvalue weighted by Crippen LogP contribution is -2.25. The lowest BCUT2D eigenvalue weighted by molar-refractivity contribution is 0.0969. The van der Waals surface area contributed by atoms with Gasteiger partial charge in [-0.2, -0.15) is 0 Å². The van der Waals surface area contributed by atoms with Crippen LogP contribution in [0.5, 0.6) is 0 Å². The predicted molar refractivity (Wildman–Crippen MR) is 103 cm³/mol. The van der Waals surface area contributed by atoms with Crippen LogP contribution < -0.4 is 5.56 Å². The monoisotopic (exact) mass is 398 g/mol. The number of hydrogen-bond acceptors (Lipinski definition) is 3. The Morgan fingerprint density at radius 2 is 1.92 bits per heavy atom. The molecule has 0 N–H and O–H groups in total. The number of Topliss-reactive ketones (excluding diaryl/α,β-unsaturated/α-hetero) is 1. The number of nitrogens with zero attached hydrogens (tertiary/aromatic N) is 2. The number of rotatable bonds is 5. The zero-order valence-electron chi connectivity index (χ0n) is 14.3. The van der Waals surface area contributed by atoms with E-state index in [2.05, 4.69) is 33.9 Å². The standard InChI is InChI=1S/C20H19BrN2O2/c1-3-13-5-6-14(4-2)16(9-13)19(24)11-23-12-22-18-8-7-15(21)10-17(18)20(23)25/h5-10,12H,3-4,11H2,1-2H3. The van der Waals surface area contributed by atoms with Crippen LogP contribution in [-0.4, -0.2) is 15.3 Å². The molecule has 2 aromatic carbocycles. The summed E-state index contributed by atoms with van der Waals surface area (Å²) >= 11 is 3.37. The van der Waals surface area contributed by atoms with Gasteiger partial charge in [0.25, 0.3) is 5.56 Å². The van der Waals surface area contributed by atoms with Crippen molar-refractivity contribution in [3.8, 4) is 0 Å². The molecule has 3 rings (SSSR count). The van der Waals surface area contributed by atoms with E-state index in [1.807, 2.05) is 25.1 Å². The summed E-state index contributed by atoms with van der Waals surface area (Å²) in [5.41, 5.74) is 3.24. The molecular formula is C20H19BrN2O2. The molecule has 0 saturated heterocycles. The third-order valence-corrected chi connectivity index (χ3v) is 4.86. The molecule has 1 heterocycles. The highest BCUT2D eigenvalue weighted by molar-refractivity contribution is 9.10. The molecule has 0 saturated carbocycles. The molecule has 25 heavy (non-hydrogen) atoms. The van der Waals surface area contributed by atoms with Crippen molar-refractivity contribution >= 4 is 32.6 Å². The van der Waals surface area contributed by atoms with Crippen LogP contribution in [0, 0.1) is 0 Å². The maximum Gasteiger partial charge on any atom is 0.261 e. The van der Waals surface area contributed by atoms with Crippen LogP contribution in [0.4, 0.5) is 0 Å². The minimum Gasteiger partial charge on any atom is -0.292 e. The van der Waals surface area contributed by atoms with Crippen molar-refractivity contribution < 1.29 is 4.79 Å². The molecule has 0 spiro atoms. The quantitative estimate of drug-likeness (QED) is 0.606. The summed E-state index contributed by atoms with van der Waals surface area (Å²) in [6.07, 6.45) is 3.10. The fourth-order valence-electron chi connectivity index (χ4n) is 2.90. The van der Waals surface area contributed by atoms with Crippen molar-refractivity contribution in [3.05, 3.63) is 74.2 Å². The fraction of sp³-hybridized carbons (Fsp3) is 0.250. The molecular weight excluding hydrogens is 380 g/mol. The summed E-state index contributed by atoms with van der Waals surface area (Å²) in [7, 11) is 0. The van der Waals surface area contributed by atoms with Gasteiger partial charge in [-0.3, -0.25) is 14.2 Å². The van der Waals surface area contributed by atoms with Crippen LogP contribution >= 0.6 is 15.9 Å². The first-order valence-electron chi connectivity index (χ1n) is 8.33. The highest BCUT2D eigenvalue weighted by atomic mass is 79.9. The summed E-state index contributed by atoms with van der Waals surface area (Å²) in [4.78, 5) is 29.8. The van der Waals surface area contributed by atoms with Gasteiger partial charge in [0.2, 0.25) is 0 Å². The number of aryl methyl sites for hydroxylation is 2. The minimum absolute atomic E-state index is 0.00550. The number of aromatic nitrogens is 2. The highest BCUT2D eigenvalue weighted by Crippen LogP contribution is 2.17. The van der Waals surface area contributed by atoms with Crippen molar-refractivity contribution in [1.29, 1.82) is 0 Å². The highest BCUT2D eigenvalue weighted by Gasteiger charge is 2.14. The van der Waals surface area contributed by atoms with Crippen molar-refractivity contribution in [2.24, 2.45) is 0 Å². The first-order chi connectivity index (χ1) is 12.0. The summed E-state index contributed by atoms with van der Waals surface area (Å²) < 4.78 is 2.20. The summed E-state index contributed by atoms with van der Waals surface area (Å²) in [5.74, 6) is -0.0644. The molecule has 0 bridgehead atoms. The Kier molecular flexibility index (Phi) is 5.13. The van der Waals surface area contributed by atoms with Crippen LogP contribution in [-0.2, 0) is 19.4 Å². The van der Waals surface area contributed by atoms with Gasteiger partial charge in [-0.1, -0.05) is 41.9 Å². The fourth-order valence-corrected chi connectivity index (χ4v) is 3.26. The number of ketones is 1. The van der Waals surface area contributed by atoms with E-state index in [9.17, 15) is 9.59 Å². The van der Waals surface area contributed by atoms with E-state index in [0.717, 1.165) is 28.4 Å². The summed E-state index contributed by atoms with van der Waals surface area (Å²) in [5, 5.41) is 0.502. The molecule has 0 unspecified atom stereocenters. The van der Waals surface area contributed by atoms with Crippen molar-refractivity contribution in [1.82, 2.24) is 9.55 Å². The zero-order chi connectivity index (χ0) is 18.0. The number of fused-ring (bicyclic) bond motifs is 1.